The Hall–Kier alpha value is -3.28. The van der Waals surface area contributed by atoms with E-state index in [9.17, 15) is 19.8 Å². The van der Waals surface area contributed by atoms with E-state index in [0.717, 1.165) is 5.56 Å². The van der Waals surface area contributed by atoms with Gasteiger partial charge in [-0.3, -0.25) is 4.79 Å². The number of carbonyl (C=O) groups is 2. The number of aromatic nitrogens is 1. The Balaban J connectivity index is 2.30. The quantitative estimate of drug-likeness (QED) is 0.669. The van der Waals surface area contributed by atoms with E-state index in [-0.39, 0.29) is 12.0 Å². The van der Waals surface area contributed by atoms with Gasteiger partial charge in [-0.05, 0) is 35.9 Å². The van der Waals surface area contributed by atoms with Gasteiger partial charge in [0.1, 0.15) is 5.75 Å². The monoisotopic (exact) mass is 325 g/mol. The van der Waals surface area contributed by atoms with Crippen molar-refractivity contribution < 1.29 is 24.5 Å². The molecule has 0 radical (unpaired) electrons. The maximum absolute atomic E-state index is 11.3. The molecule has 0 saturated heterocycles. The molecule has 6 heteroatoms. The molecule has 0 fully saturated rings. The number of H-pyrrole nitrogens is 1. The van der Waals surface area contributed by atoms with Gasteiger partial charge in [0.25, 0.3) is 0 Å². The average Bonchev–Trinajstić information content (AvgIpc) is 2.91. The number of hydrogen-bond acceptors (Lipinski definition) is 3. The number of ether oxygens (including phenoxy) is 1. The van der Waals surface area contributed by atoms with Crippen molar-refractivity contribution in [1.29, 1.82) is 0 Å². The summed E-state index contributed by atoms with van der Waals surface area (Å²) in [6.45, 7) is 0. The molecule has 122 valence electrons. The van der Waals surface area contributed by atoms with Gasteiger partial charge >= 0.3 is 11.9 Å². The molecule has 1 aromatic heterocycles. The molecule has 3 N–H and O–H groups in total. The van der Waals surface area contributed by atoms with Crippen LogP contribution in [0.4, 0.5) is 0 Å². The first-order valence-electron chi connectivity index (χ1n) is 7.24. The SMILES string of the molecule is COc1ccccc1-c1[nH]c2ccc(C(=O)O)cc2c1CC(=O)O. The van der Waals surface area contributed by atoms with E-state index in [2.05, 4.69) is 4.98 Å². The standard InChI is InChI=1S/C18H15NO5/c1-24-15-5-3-2-4-11(15)17-13(9-16(20)21)12-8-10(18(22)23)6-7-14(12)19-17/h2-8,19H,9H2,1H3,(H,20,21)(H,22,23). The van der Waals surface area contributed by atoms with Gasteiger partial charge in [-0.25, -0.2) is 4.79 Å². The Morgan fingerprint density at radius 2 is 1.88 bits per heavy atom. The predicted octanol–water partition coefficient (Wildman–Crippen LogP) is 3.17. The fourth-order valence-corrected chi connectivity index (χ4v) is 2.80. The zero-order chi connectivity index (χ0) is 17.3. The van der Waals surface area contributed by atoms with Crippen molar-refractivity contribution in [2.45, 2.75) is 6.42 Å². The van der Waals surface area contributed by atoms with Crippen LogP contribution in [-0.2, 0) is 11.2 Å². The van der Waals surface area contributed by atoms with E-state index in [4.69, 9.17) is 4.74 Å². The van der Waals surface area contributed by atoms with Gasteiger partial charge in [0.05, 0.1) is 24.8 Å². The maximum Gasteiger partial charge on any atom is 0.335 e. The van der Waals surface area contributed by atoms with Crippen molar-refractivity contribution in [3.8, 4) is 17.0 Å². The fraction of sp³-hybridized carbons (Fsp3) is 0.111. The Bertz CT molecular complexity index is 942. The molecular formula is C18H15NO5. The summed E-state index contributed by atoms with van der Waals surface area (Å²) in [4.78, 5) is 25.7. The summed E-state index contributed by atoms with van der Waals surface area (Å²) >= 11 is 0. The molecular weight excluding hydrogens is 310 g/mol. The molecule has 0 atom stereocenters. The molecule has 0 aliphatic carbocycles. The lowest BCUT2D eigenvalue weighted by Gasteiger charge is -2.08. The zero-order valence-electron chi connectivity index (χ0n) is 12.9. The lowest BCUT2D eigenvalue weighted by atomic mass is 10.0. The van der Waals surface area contributed by atoms with Crippen molar-refractivity contribution in [1.82, 2.24) is 4.98 Å². The summed E-state index contributed by atoms with van der Waals surface area (Å²) in [5, 5.41) is 19.0. The summed E-state index contributed by atoms with van der Waals surface area (Å²) in [6.07, 6.45) is -0.226. The van der Waals surface area contributed by atoms with Crippen LogP contribution in [0.25, 0.3) is 22.2 Å². The first-order chi connectivity index (χ1) is 11.5. The van der Waals surface area contributed by atoms with Crippen LogP contribution >= 0.6 is 0 Å². The van der Waals surface area contributed by atoms with Crippen molar-refractivity contribution in [3.05, 3.63) is 53.6 Å². The number of carboxylic acid groups (broad SMARTS) is 2. The third-order valence-electron chi connectivity index (χ3n) is 3.86. The van der Waals surface area contributed by atoms with E-state index >= 15 is 0 Å². The van der Waals surface area contributed by atoms with Crippen molar-refractivity contribution in [2.75, 3.05) is 7.11 Å². The summed E-state index contributed by atoms with van der Waals surface area (Å²) in [7, 11) is 1.54. The van der Waals surface area contributed by atoms with Gasteiger partial charge in [-0.1, -0.05) is 12.1 Å². The molecule has 1 heterocycles. The van der Waals surface area contributed by atoms with Gasteiger partial charge in [0.2, 0.25) is 0 Å². The summed E-state index contributed by atoms with van der Waals surface area (Å²) in [5.41, 5.74) is 2.67. The van der Waals surface area contributed by atoms with Crippen molar-refractivity contribution >= 4 is 22.8 Å². The number of aromatic amines is 1. The third-order valence-corrected chi connectivity index (χ3v) is 3.86. The van der Waals surface area contributed by atoms with E-state index < -0.39 is 11.9 Å². The second-order valence-corrected chi connectivity index (χ2v) is 5.31. The van der Waals surface area contributed by atoms with Crippen molar-refractivity contribution in [2.24, 2.45) is 0 Å². The minimum absolute atomic E-state index is 0.111. The minimum Gasteiger partial charge on any atom is -0.496 e. The second-order valence-electron chi connectivity index (χ2n) is 5.31. The van der Waals surface area contributed by atoms with Crippen LogP contribution in [-0.4, -0.2) is 34.2 Å². The first-order valence-corrected chi connectivity index (χ1v) is 7.24. The Labute approximate surface area is 137 Å². The summed E-state index contributed by atoms with van der Waals surface area (Å²) in [5.74, 6) is -1.44. The first kappa shape index (κ1) is 15.6. The largest absolute Gasteiger partial charge is 0.496 e. The van der Waals surface area contributed by atoms with Crippen LogP contribution in [0.1, 0.15) is 15.9 Å². The van der Waals surface area contributed by atoms with Crippen LogP contribution < -0.4 is 4.74 Å². The molecule has 3 rings (SSSR count). The number of aliphatic carboxylic acids is 1. The second kappa shape index (κ2) is 6.08. The van der Waals surface area contributed by atoms with Gasteiger partial charge < -0.3 is 19.9 Å². The number of para-hydroxylation sites is 1. The highest BCUT2D eigenvalue weighted by Gasteiger charge is 2.19. The summed E-state index contributed by atoms with van der Waals surface area (Å²) < 4.78 is 5.36. The smallest absolute Gasteiger partial charge is 0.335 e. The number of nitrogens with one attached hydrogen (secondary N) is 1. The van der Waals surface area contributed by atoms with Crippen LogP contribution in [0.15, 0.2) is 42.5 Å². The number of benzene rings is 2. The third kappa shape index (κ3) is 2.69. The molecule has 0 unspecified atom stereocenters. The number of methoxy groups -OCH3 is 1. The van der Waals surface area contributed by atoms with E-state index in [1.165, 1.54) is 12.1 Å². The topological polar surface area (TPSA) is 99.6 Å². The maximum atomic E-state index is 11.3. The van der Waals surface area contributed by atoms with Crippen LogP contribution in [0.5, 0.6) is 5.75 Å². The molecule has 3 aromatic rings. The highest BCUT2D eigenvalue weighted by atomic mass is 16.5. The molecule has 0 spiro atoms. The summed E-state index contributed by atoms with van der Waals surface area (Å²) in [6, 6.07) is 11.9. The van der Waals surface area contributed by atoms with Gasteiger partial charge in [-0.15, -0.1) is 0 Å². The Kier molecular flexibility index (Phi) is 3.95. The predicted molar refractivity (Wildman–Crippen MR) is 88.6 cm³/mol. The van der Waals surface area contributed by atoms with Crippen LogP contribution in [0.2, 0.25) is 0 Å². The fourth-order valence-electron chi connectivity index (χ4n) is 2.80. The van der Waals surface area contributed by atoms with Crippen molar-refractivity contribution in [3.63, 3.8) is 0 Å². The number of hydrogen-bond donors (Lipinski definition) is 3. The minimum atomic E-state index is -1.06. The Morgan fingerprint density at radius 3 is 2.54 bits per heavy atom. The average molecular weight is 325 g/mol. The number of rotatable bonds is 5. The lowest BCUT2D eigenvalue weighted by Crippen LogP contribution is -2.02. The van der Waals surface area contributed by atoms with E-state index in [1.54, 1.807) is 19.2 Å². The van der Waals surface area contributed by atoms with Gasteiger partial charge in [0.15, 0.2) is 0 Å². The normalized spacial score (nSPS) is 10.7. The van der Waals surface area contributed by atoms with E-state index in [1.807, 2.05) is 18.2 Å². The highest BCUT2D eigenvalue weighted by molar-refractivity contribution is 5.99. The van der Waals surface area contributed by atoms with E-state index in [0.29, 0.717) is 27.9 Å². The lowest BCUT2D eigenvalue weighted by molar-refractivity contribution is -0.136. The molecule has 6 nitrogen and oxygen atoms in total. The van der Waals surface area contributed by atoms with Gasteiger partial charge in [0, 0.05) is 16.5 Å². The molecule has 0 bridgehead atoms. The molecule has 24 heavy (non-hydrogen) atoms. The highest BCUT2D eigenvalue weighted by Crippen LogP contribution is 2.36. The number of aromatic carboxylic acids is 1. The Morgan fingerprint density at radius 1 is 1.12 bits per heavy atom. The molecule has 0 aliphatic heterocycles. The molecule has 0 amide bonds. The van der Waals surface area contributed by atoms with Crippen LogP contribution in [0.3, 0.4) is 0 Å². The molecule has 0 saturated carbocycles. The van der Waals surface area contributed by atoms with Crippen LogP contribution in [0, 0.1) is 0 Å². The zero-order valence-corrected chi connectivity index (χ0v) is 12.9. The number of carboxylic acids is 2. The molecule has 0 aliphatic rings. The number of fused-ring (bicyclic) bond motifs is 1. The van der Waals surface area contributed by atoms with Gasteiger partial charge in [-0.2, -0.15) is 0 Å². The molecule has 2 aromatic carbocycles.